The molecule has 1 aromatic carbocycles. The zero-order valence-corrected chi connectivity index (χ0v) is 7.99. The molecule has 2 unspecified atom stereocenters. The molecule has 1 aliphatic heterocycles. The van der Waals surface area contributed by atoms with Crippen LogP contribution in [0.15, 0.2) is 24.3 Å². The number of hydrogen-bond acceptors (Lipinski definition) is 2. The minimum atomic E-state index is 0.139. The Morgan fingerprint density at radius 2 is 2.14 bits per heavy atom. The van der Waals surface area contributed by atoms with E-state index in [2.05, 4.69) is 17.4 Å². The minimum absolute atomic E-state index is 0.139. The summed E-state index contributed by atoms with van der Waals surface area (Å²) in [7, 11) is 0. The van der Waals surface area contributed by atoms with Gasteiger partial charge in [0.1, 0.15) is 5.78 Å². The van der Waals surface area contributed by atoms with E-state index < -0.39 is 0 Å². The highest BCUT2D eigenvalue weighted by atomic mass is 16.1. The number of fused-ring (bicyclic) bond motifs is 3. The van der Waals surface area contributed by atoms with Gasteiger partial charge in [0.2, 0.25) is 0 Å². The first-order chi connectivity index (χ1) is 6.86. The van der Waals surface area contributed by atoms with E-state index in [0.29, 0.717) is 11.8 Å². The number of benzene rings is 1. The third-order valence-corrected chi connectivity index (χ3v) is 3.32. The van der Waals surface area contributed by atoms with Crippen molar-refractivity contribution < 1.29 is 4.79 Å². The molecule has 14 heavy (non-hydrogen) atoms. The third kappa shape index (κ3) is 0.999. The second-order valence-electron chi connectivity index (χ2n) is 4.17. The summed E-state index contributed by atoms with van der Waals surface area (Å²) in [6.07, 6.45) is 2.93. The van der Waals surface area contributed by atoms with Crippen LogP contribution in [0.1, 0.15) is 30.7 Å². The summed E-state index contributed by atoms with van der Waals surface area (Å²) in [6.45, 7) is 0. The fraction of sp³-hybridized carbons (Fsp3) is 0.417. The first-order valence-electron chi connectivity index (χ1n) is 5.24. The van der Waals surface area contributed by atoms with Gasteiger partial charge in [0, 0.05) is 18.2 Å². The summed E-state index contributed by atoms with van der Waals surface area (Å²) in [6, 6.07) is 8.56. The molecule has 1 N–H and O–H groups in total. The zero-order chi connectivity index (χ0) is 9.54. The largest absolute Gasteiger partial charge is 0.381 e. The quantitative estimate of drug-likeness (QED) is 0.675. The maximum atomic E-state index is 11.8. The highest BCUT2D eigenvalue weighted by molar-refractivity contribution is 5.91. The fourth-order valence-electron chi connectivity index (χ4n) is 2.69. The van der Waals surface area contributed by atoms with E-state index in [9.17, 15) is 4.79 Å². The predicted molar refractivity (Wildman–Crippen MR) is 55.5 cm³/mol. The minimum Gasteiger partial charge on any atom is -0.381 e. The third-order valence-electron chi connectivity index (χ3n) is 3.32. The summed E-state index contributed by atoms with van der Waals surface area (Å²) in [5, 5.41) is 3.45. The first kappa shape index (κ1) is 8.04. The van der Waals surface area contributed by atoms with Crippen molar-refractivity contribution in [3.63, 3.8) is 0 Å². The van der Waals surface area contributed by atoms with E-state index in [1.165, 1.54) is 5.56 Å². The van der Waals surface area contributed by atoms with Gasteiger partial charge in [-0.05, 0) is 24.5 Å². The average molecular weight is 187 g/mol. The number of ketones is 1. The molecule has 0 saturated heterocycles. The van der Waals surface area contributed by atoms with Crippen LogP contribution in [0.2, 0.25) is 0 Å². The Morgan fingerprint density at radius 3 is 3.07 bits per heavy atom. The lowest BCUT2D eigenvalue weighted by Crippen LogP contribution is -2.30. The molecule has 0 bridgehead atoms. The number of Topliss-reactive ketones (excluding diaryl/α,β-unsaturated/α-hetero) is 1. The van der Waals surface area contributed by atoms with Gasteiger partial charge in [-0.1, -0.05) is 18.2 Å². The summed E-state index contributed by atoms with van der Waals surface area (Å²) in [5.74, 6) is 0.554. The normalized spacial score (nSPS) is 29.3. The average Bonchev–Trinajstić information content (AvgIpc) is 2.57. The van der Waals surface area contributed by atoms with Crippen molar-refractivity contribution in [2.24, 2.45) is 0 Å². The molecule has 1 fully saturated rings. The van der Waals surface area contributed by atoms with Crippen LogP contribution < -0.4 is 5.32 Å². The summed E-state index contributed by atoms with van der Waals surface area (Å²) >= 11 is 0. The SMILES string of the molecule is O=C1CCCC2Nc3ccccc3C12. The van der Waals surface area contributed by atoms with Crippen molar-refractivity contribution >= 4 is 11.5 Å². The van der Waals surface area contributed by atoms with Gasteiger partial charge in [0.05, 0.1) is 5.92 Å². The van der Waals surface area contributed by atoms with Crippen molar-refractivity contribution in [2.75, 3.05) is 5.32 Å². The smallest absolute Gasteiger partial charge is 0.142 e. The molecule has 72 valence electrons. The van der Waals surface area contributed by atoms with Gasteiger partial charge in [-0.3, -0.25) is 4.79 Å². The number of para-hydroxylation sites is 1. The molecule has 0 amide bonds. The summed E-state index contributed by atoms with van der Waals surface area (Å²) in [4.78, 5) is 11.8. The van der Waals surface area contributed by atoms with E-state index >= 15 is 0 Å². The second-order valence-corrected chi connectivity index (χ2v) is 4.17. The van der Waals surface area contributed by atoms with Crippen molar-refractivity contribution in [1.29, 1.82) is 0 Å². The van der Waals surface area contributed by atoms with Crippen LogP contribution in [-0.2, 0) is 4.79 Å². The number of anilines is 1. The van der Waals surface area contributed by atoms with Crippen LogP contribution >= 0.6 is 0 Å². The predicted octanol–water partition coefficient (Wildman–Crippen LogP) is 2.32. The number of carbonyl (C=O) groups is 1. The van der Waals surface area contributed by atoms with Gasteiger partial charge in [0.25, 0.3) is 0 Å². The maximum absolute atomic E-state index is 11.8. The van der Waals surface area contributed by atoms with Gasteiger partial charge < -0.3 is 5.32 Å². The first-order valence-corrected chi connectivity index (χ1v) is 5.24. The highest BCUT2D eigenvalue weighted by Crippen LogP contribution is 2.41. The molecule has 1 heterocycles. The fourth-order valence-corrected chi connectivity index (χ4v) is 2.69. The van der Waals surface area contributed by atoms with Crippen LogP contribution in [-0.4, -0.2) is 11.8 Å². The lowest BCUT2D eigenvalue weighted by Gasteiger charge is -2.24. The van der Waals surface area contributed by atoms with E-state index in [4.69, 9.17) is 0 Å². The van der Waals surface area contributed by atoms with Crippen molar-refractivity contribution in [1.82, 2.24) is 0 Å². The Kier molecular flexibility index (Phi) is 1.63. The van der Waals surface area contributed by atoms with Crippen LogP contribution in [0.3, 0.4) is 0 Å². The Bertz CT molecular complexity index is 386. The van der Waals surface area contributed by atoms with E-state index in [-0.39, 0.29) is 5.92 Å². The topological polar surface area (TPSA) is 29.1 Å². The van der Waals surface area contributed by atoms with Crippen LogP contribution in [0.5, 0.6) is 0 Å². The highest BCUT2D eigenvalue weighted by Gasteiger charge is 2.38. The lowest BCUT2D eigenvalue weighted by atomic mass is 9.82. The molecule has 2 aliphatic rings. The molecule has 0 aromatic heterocycles. The molecular weight excluding hydrogens is 174 g/mol. The monoisotopic (exact) mass is 187 g/mol. The standard InChI is InChI=1S/C12H13NO/c14-11-7-3-6-10-12(11)8-4-1-2-5-9(8)13-10/h1-2,4-5,10,12-13H,3,6-7H2. The molecule has 3 rings (SSSR count). The van der Waals surface area contributed by atoms with E-state index in [1.807, 2.05) is 12.1 Å². The Morgan fingerprint density at radius 1 is 1.29 bits per heavy atom. The zero-order valence-electron chi connectivity index (χ0n) is 7.99. The van der Waals surface area contributed by atoms with Crippen molar-refractivity contribution in [3.8, 4) is 0 Å². The number of hydrogen-bond donors (Lipinski definition) is 1. The molecule has 0 radical (unpaired) electrons. The van der Waals surface area contributed by atoms with Gasteiger partial charge in [0.15, 0.2) is 0 Å². The van der Waals surface area contributed by atoms with E-state index in [0.717, 1.165) is 24.9 Å². The lowest BCUT2D eigenvalue weighted by molar-refractivity contribution is -0.121. The molecule has 1 saturated carbocycles. The van der Waals surface area contributed by atoms with Gasteiger partial charge in [-0.25, -0.2) is 0 Å². The second kappa shape index (κ2) is 2.84. The van der Waals surface area contributed by atoms with Crippen molar-refractivity contribution in [2.45, 2.75) is 31.2 Å². The summed E-state index contributed by atoms with van der Waals surface area (Å²) < 4.78 is 0. The van der Waals surface area contributed by atoms with Gasteiger partial charge >= 0.3 is 0 Å². The number of nitrogens with one attached hydrogen (secondary N) is 1. The number of rotatable bonds is 0. The molecule has 2 atom stereocenters. The van der Waals surface area contributed by atoms with Crippen LogP contribution in [0.4, 0.5) is 5.69 Å². The van der Waals surface area contributed by atoms with Gasteiger partial charge in [-0.15, -0.1) is 0 Å². The maximum Gasteiger partial charge on any atom is 0.142 e. The van der Waals surface area contributed by atoms with Crippen LogP contribution in [0.25, 0.3) is 0 Å². The number of carbonyl (C=O) groups excluding carboxylic acids is 1. The summed E-state index contributed by atoms with van der Waals surface area (Å²) in [5.41, 5.74) is 2.37. The Balaban J connectivity index is 2.07. The van der Waals surface area contributed by atoms with Gasteiger partial charge in [-0.2, -0.15) is 0 Å². The molecule has 2 nitrogen and oxygen atoms in total. The Hall–Kier alpha value is -1.31. The Labute approximate surface area is 83.3 Å². The molecule has 0 spiro atoms. The molecule has 1 aliphatic carbocycles. The van der Waals surface area contributed by atoms with E-state index in [1.54, 1.807) is 0 Å². The molecular formula is C12H13NO. The molecule has 2 heteroatoms. The van der Waals surface area contributed by atoms with Crippen molar-refractivity contribution in [3.05, 3.63) is 29.8 Å². The van der Waals surface area contributed by atoms with Crippen LogP contribution in [0, 0.1) is 0 Å². The molecule has 1 aromatic rings.